The van der Waals surface area contributed by atoms with E-state index >= 15 is 0 Å². The zero-order chi connectivity index (χ0) is 16.9. The second-order valence-corrected chi connectivity index (χ2v) is 7.28. The first-order chi connectivity index (χ1) is 11.7. The predicted octanol–water partition coefficient (Wildman–Crippen LogP) is 3.15. The van der Waals surface area contributed by atoms with Crippen LogP contribution in [0.3, 0.4) is 0 Å². The van der Waals surface area contributed by atoms with Crippen LogP contribution in [-0.2, 0) is 4.74 Å². The van der Waals surface area contributed by atoms with Gasteiger partial charge in [0.05, 0.1) is 25.4 Å². The van der Waals surface area contributed by atoms with Gasteiger partial charge >= 0.3 is 6.03 Å². The van der Waals surface area contributed by atoms with Crippen LogP contribution in [0, 0.1) is 0 Å². The molecule has 24 heavy (non-hydrogen) atoms. The minimum absolute atomic E-state index is 0.0195. The third-order valence-electron chi connectivity index (χ3n) is 4.32. The number of carbonyl (C=O) groups is 1. The average molecular weight is 348 g/mol. The molecule has 1 fully saturated rings. The fraction of sp³-hybridized carbons (Fsp3) is 0.500. The molecule has 130 valence electrons. The van der Waals surface area contributed by atoms with Crippen molar-refractivity contribution in [3.63, 3.8) is 0 Å². The van der Waals surface area contributed by atoms with E-state index in [4.69, 9.17) is 9.84 Å². The van der Waals surface area contributed by atoms with Gasteiger partial charge in [-0.3, -0.25) is 0 Å². The lowest BCUT2D eigenvalue weighted by molar-refractivity contribution is -0.00595. The van der Waals surface area contributed by atoms with E-state index < -0.39 is 0 Å². The second kappa shape index (κ2) is 7.96. The van der Waals surface area contributed by atoms with Gasteiger partial charge in [-0.1, -0.05) is 18.2 Å². The molecule has 1 aromatic carbocycles. The minimum atomic E-state index is -0.0442. The summed E-state index contributed by atoms with van der Waals surface area (Å²) in [6.45, 7) is 3.71. The summed E-state index contributed by atoms with van der Waals surface area (Å²) in [6.07, 6.45) is 1.90. The van der Waals surface area contributed by atoms with E-state index in [2.05, 4.69) is 23.5 Å². The van der Waals surface area contributed by atoms with Crippen LogP contribution in [0.5, 0.6) is 0 Å². The molecule has 2 unspecified atom stereocenters. The Morgan fingerprint density at radius 2 is 2.33 bits per heavy atom. The van der Waals surface area contributed by atoms with Gasteiger partial charge in [-0.05, 0) is 37.3 Å². The molecule has 0 bridgehead atoms. The number of rotatable bonds is 5. The molecule has 1 aliphatic rings. The Labute approximate surface area is 146 Å². The maximum atomic E-state index is 12.5. The van der Waals surface area contributed by atoms with Crippen LogP contribution in [0.25, 0.3) is 10.1 Å². The quantitative estimate of drug-likeness (QED) is 0.872. The molecular formula is C18H24N2O3S. The van der Waals surface area contributed by atoms with E-state index in [1.54, 1.807) is 11.3 Å². The monoisotopic (exact) mass is 348 g/mol. The number of aliphatic hydroxyl groups excluding tert-OH is 1. The molecule has 2 aromatic rings. The predicted molar refractivity (Wildman–Crippen MR) is 96.4 cm³/mol. The van der Waals surface area contributed by atoms with Crippen molar-refractivity contribution in [1.29, 1.82) is 0 Å². The van der Waals surface area contributed by atoms with Crippen LogP contribution in [0.2, 0.25) is 0 Å². The largest absolute Gasteiger partial charge is 0.394 e. The number of fused-ring (bicyclic) bond motifs is 1. The van der Waals surface area contributed by atoms with Crippen molar-refractivity contribution >= 4 is 27.5 Å². The highest BCUT2D eigenvalue weighted by molar-refractivity contribution is 7.19. The molecule has 2 atom stereocenters. The maximum Gasteiger partial charge on any atom is 0.317 e. The van der Waals surface area contributed by atoms with Crippen LogP contribution in [0.15, 0.2) is 30.3 Å². The molecule has 2 amide bonds. The van der Waals surface area contributed by atoms with Crippen molar-refractivity contribution in [3.05, 3.63) is 35.2 Å². The highest BCUT2D eigenvalue weighted by Crippen LogP contribution is 2.29. The highest BCUT2D eigenvalue weighted by atomic mass is 32.1. The lowest BCUT2D eigenvalue weighted by atomic mass is 10.1. The SMILES string of the molecule is CC(NC(=O)N1CCCC(OCCO)C1)c1cc2ccccc2s1. The van der Waals surface area contributed by atoms with Crippen molar-refractivity contribution in [2.45, 2.75) is 31.9 Å². The highest BCUT2D eigenvalue weighted by Gasteiger charge is 2.25. The number of hydrogen-bond donors (Lipinski definition) is 2. The van der Waals surface area contributed by atoms with E-state index in [-0.39, 0.29) is 24.8 Å². The number of aliphatic hydroxyl groups is 1. The third kappa shape index (κ3) is 4.06. The zero-order valence-corrected chi connectivity index (χ0v) is 14.7. The topological polar surface area (TPSA) is 61.8 Å². The molecule has 1 aromatic heterocycles. The summed E-state index contributed by atoms with van der Waals surface area (Å²) in [5, 5.41) is 13.2. The lowest BCUT2D eigenvalue weighted by Gasteiger charge is -2.33. The summed E-state index contributed by atoms with van der Waals surface area (Å²) in [4.78, 5) is 15.5. The van der Waals surface area contributed by atoms with Crippen molar-refractivity contribution in [2.24, 2.45) is 0 Å². The number of nitrogens with one attached hydrogen (secondary N) is 1. The number of hydrogen-bond acceptors (Lipinski definition) is 4. The van der Waals surface area contributed by atoms with E-state index in [1.807, 2.05) is 24.0 Å². The number of amides is 2. The molecule has 2 heterocycles. The van der Waals surface area contributed by atoms with E-state index in [1.165, 1.54) is 10.1 Å². The minimum Gasteiger partial charge on any atom is -0.394 e. The Balaban J connectivity index is 1.59. The second-order valence-electron chi connectivity index (χ2n) is 6.16. The fourth-order valence-corrected chi connectivity index (χ4v) is 4.11. The molecule has 0 aliphatic carbocycles. The van der Waals surface area contributed by atoms with Gasteiger partial charge in [-0.2, -0.15) is 0 Å². The Morgan fingerprint density at radius 1 is 1.50 bits per heavy atom. The van der Waals surface area contributed by atoms with Gasteiger partial charge in [0, 0.05) is 22.7 Å². The molecule has 1 aliphatic heterocycles. The van der Waals surface area contributed by atoms with Crippen LogP contribution >= 0.6 is 11.3 Å². The van der Waals surface area contributed by atoms with Crippen LogP contribution in [-0.4, -0.2) is 48.4 Å². The number of carbonyl (C=O) groups excluding carboxylic acids is 1. The molecule has 6 heteroatoms. The molecule has 0 radical (unpaired) electrons. The standard InChI is InChI=1S/C18H24N2O3S/c1-13(17-11-14-5-2-3-7-16(14)24-17)19-18(22)20-8-4-6-15(12-20)23-10-9-21/h2-3,5,7,11,13,15,21H,4,6,8-10,12H2,1H3,(H,19,22). The molecule has 3 rings (SSSR count). The number of nitrogens with zero attached hydrogens (tertiary/aromatic N) is 1. The smallest absolute Gasteiger partial charge is 0.317 e. The summed E-state index contributed by atoms with van der Waals surface area (Å²) >= 11 is 1.72. The number of urea groups is 1. The summed E-state index contributed by atoms with van der Waals surface area (Å²) in [7, 11) is 0. The molecule has 0 spiro atoms. The first-order valence-corrected chi connectivity index (χ1v) is 9.25. The summed E-state index contributed by atoms with van der Waals surface area (Å²) in [6, 6.07) is 10.3. The van der Waals surface area contributed by atoms with Crippen molar-refractivity contribution in [2.75, 3.05) is 26.3 Å². The number of benzene rings is 1. The van der Waals surface area contributed by atoms with E-state index in [0.717, 1.165) is 24.3 Å². The van der Waals surface area contributed by atoms with Gasteiger partial charge in [0.1, 0.15) is 0 Å². The Morgan fingerprint density at radius 3 is 3.12 bits per heavy atom. The van der Waals surface area contributed by atoms with Gasteiger partial charge in [0.15, 0.2) is 0 Å². The number of thiophene rings is 1. The van der Waals surface area contributed by atoms with E-state index in [0.29, 0.717) is 13.2 Å². The average Bonchev–Trinajstić information content (AvgIpc) is 3.04. The van der Waals surface area contributed by atoms with Gasteiger partial charge in [0.25, 0.3) is 0 Å². The van der Waals surface area contributed by atoms with Gasteiger partial charge < -0.3 is 20.1 Å². The Bertz CT molecular complexity index is 655. The summed E-state index contributed by atoms with van der Waals surface area (Å²) < 4.78 is 6.81. The van der Waals surface area contributed by atoms with Crippen molar-refractivity contribution in [1.82, 2.24) is 10.2 Å². The first-order valence-electron chi connectivity index (χ1n) is 8.43. The Kier molecular flexibility index (Phi) is 5.71. The Hall–Kier alpha value is -1.63. The molecule has 5 nitrogen and oxygen atoms in total. The third-order valence-corrected chi connectivity index (χ3v) is 5.62. The maximum absolute atomic E-state index is 12.5. The fourth-order valence-electron chi connectivity index (χ4n) is 3.04. The van der Waals surface area contributed by atoms with Crippen LogP contribution < -0.4 is 5.32 Å². The van der Waals surface area contributed by atoms with Gasteiger partial charge in [-0.25, -0.2) is 4.79 Å². The zero-order valence-electron chi connectivity index (χ0n) is 13.9. The summed E-state index contributed by atoms with van der Waals surface area (Å²) in [5.41, 5.74) is 0. The van der Waals surface area contributed by atoms with E-state index in [9.17, 15) is 4.79 Å². The van der Waals surface area contributed by atoms with Gasteiger partial charge in [-0.15, -0.1) is 11.3 Å². The van der Waals surface area contributed by atoms with Crippen molar-refractivity contribution in [3.8, 4) is 0 Å². The number of ether oxygens (including phenoxy) is 1. The lowest BCUT2D eigenvalue weighted by Crippen LogP contribution is -2.48. The number of likely N-dealkylation sites (tertiary alicyclic amines) is 1. The summed E-state index contributed by atoms with van der Waals surface area (Å²) in [5.74, 6) is 0. The normalized spacial score (nSPS) is 19.4. The molecule has 0 saturated carbocycles. The first kappa shape index (κ1) is 17.2. The van der Waals surface area contributed by atoms with Crippen LogP contribution in [0.1, 0.15) is 30.7 Å². The number of piperidine rings is 1. The molecule has 1 saturated heterocycles. The van der Waals surface area contributed by atoms with Gasteiger partial charge in [0.2, 0.25) is 0 Å². The molecule has 2 N–H and O–H groups in total. The molecular weight excluding hydrogens is 324 g/mol. The van der Waals surface area contributed by atoms with Crippen molar-refractivity contribution < 1.29 is 14.6 Å². The van der Waals surface area contributed by atoms with Crippen LogP contribution in [0.4, 0.5) is 4.79 Å².